The molecule has 0 atom stereocenters. The quantitative estimate of drug-likeness (QED) is 0.668. The predicted molar refractivity (Wildman–Crippen MR) is 77.3 cm³/mol. The van der Waals surface area contributed by atoms with Crippen LogP contribution in [0, 0.1) is 5.82 Å². The molecule has 0 bridgehead atoms. The zero-order valence-corrected chi connectivity index (χ0v) is 11.8. The lowest BCUT2D eigenvalue weighted by atomic mass is 10.2. The lowest BCUT2D eigenvalue weighted by Gasteiger charge is -2.01. The number of benzene rings is 2. The van der Waals surface area contributed by atoms with E-state index in [0.717, 1.165) is 4.47 Å². The molecule has 1 amide bonds. The third kappa shape index (κ3) is 3.64. The second-order valence-electron chi connectivity index (χ2n) is 3.91. The Morgan fingerprint density at radius 3 is 2.65 bits per heavy atom. The summed E-state index contributed by atoms with van der Waals surface area (Å²) < 4.78 is 13.5. The van der Waals surface area contributed by atoms with Crippen LogP contribution >= 0.6 is 15.9 Å². The second kappa shape index (κ2) is 6.29. The van der Waals surface area contributed by atoms with E-state index in [9.17, 15) is 14.3 Å². The van der Waals surface area contributed by atoms with Crippen molar-refractivity contribution in [3.8, 4) is 5.75 Å². The van der Waals surface area contributed by atoms with E-state index in [1.807, 2.05) is 0 Å². The largest absolute Gasteiger partial charge is 0.507 e. The van der Waals surface area contributed by atoms with Gasteiger partial charge in [0.05, 0.1) is 6.21 Å². The summed E-state index contributed by atoms with van der Waals surface area (Å²) in [6, 6.07) is 9.95. The molecule has 20 heavy (non-hydrogen) atoms. The molecule has 0 heterocycles. The van der Waals surface area contributed by atoms with Gasteiger partial charge in [-0.3, -0.25) is 4.79 Å². The summed E-state index contributed by atoms with van der Waals surface area (Å²) in [5, 5.41) is 13.3. The lowest BCUT2D eigenvalue weighted by Crippen LogP contribution is -2.17. The first-order chi connectivity index (χ1) is 9.56. The van der Waals surface area contributed by atoms with Crippen LogP contribution in [-0.2, 0) is 0 Å². The van der Waals surface area contributed by atoms with E-state index in [1.165, 1.54) is 36.5 Å². The molecule has 0 saturated heterocycles. The average molecular weight is 337 g/mol. The molecular weight excluding hydrogens is 327 g/mol. The molecule has 102 valence electrons. The minimum absolute atomic E-state index is 0.0491. The van der Waals surface area contributed by atoms with Crippen LogP contribution in [0.4, 0.5) is 4.39 Å². The van der Waals surface area contributed by atoms with Crippen molar-refractivity contribution in [2.75, 3.05) is 0 Å². The lowest BCUT2D eigenvalue weighted by molar-refractivity contribution is 0.0955. The number of nitrogens with zero attached hydrogens (tertiary/aromatic N) is 1. The van der Waals surface area contributed by atoms with E-state index in [1.54, 1.807) is 12.1 Å². The Morgan fingerprint density at radius 1 is 1.25 bits per heavy atom. The Hall–Kier alpha value is -2.21. The fraction of sp³-hybridized carbons (Fsp3) is 0. The van der Waals surface area contributed by atoms with Gasteiger partial charge in [-0.25, -0.2) is 9.82 Å². The average Bonchev–Trinajstić information content (AvgIpc) is 2.43. The Kier molecular flexibility index (Phi) is 4.47. The third-order valence-electron chi connectivity index (χ3n) is 2.47. The summed E-state index contributed by atoms with van der Waals surface area (Å²) in [6.45, 7) is 0. The standard InChI is InChI=1S/C14H10BrFN2O2/c15-11-3-6-13(19)10(7-11)8-17-18-14(20)9-1-4-12(16)5-2-9/h1-8,19H,(H,18,20)/b17-8-. The van der Waals surface area contributed by atoms with Crippen molar-refractivity contribution in [2.45, 2.75) is 0 Å². The number of amides is 1. The smallest absolute Gasteiger partial charge is 0.271 e. The van der Waals surface area contributed by atoms with Crippen LogP contribution in [0.15, 0.2) is 52.0 Å². The van der Waals surface area contributed by atoms with E-state index in [4.69, 9.17) is 0 Å². The molecule has 0 aromatic heterocycles. The van der Waals surface area contributed by atoms with Crippen LogP contribution in [0.3, 0.4) is 0 Å². The van der Waals surface area contributed by atoms with Crippen molar-refractivity contribution in [1.29, 1.82) is 0 Å². The van der Waals surface area contributed by atoms with Gasteiger partial charge in [0.25, 0.3) is 5.91 Å². The molecule has 6 heteroatoms. The minimum atomic E-state index is -0.462. The maximum absolute atomic E-state index is 12.7. The zero-order valence-electron chi connectivity index (χ0n) is 10.2. The van der Waals surface area contributed by atoms with Gasteiger partial charge in [-0.15, -0.1) is 0 Å². The molecule has 0 aliphatic heterocycles. The van der Waals surface area contributed by atoms with Crippen LogP contribution in [0.2, 0.25) is 0 Å². The van der Waals surface area contributed by atoms with Crippen LogP contribution in [0.5, 0.6) is 5.75 Å². The maximum atomic E-state index is 12.7. The van der Waals surface area contributed by atoms with E-state index in [2.05, 4.69) is 26.5 Å². The molecule has 2 N–H and O–H groups in total. The van der Waals surface area contributed by atoms with Crippen molar-refractivity contribution in [3.63, 3.8) is 0 Å². The zero-order chi connectivity index (χ0) is 14.5. The minimum Gasteiger partial charge on any atom is -0.507 e. The number of aromatic hydroxyl groups is 1. The molecule has 0 fully saturated rings. The topological polar surface area (TPSA) is 61.7 Å². The number of rotatable bonds is 3. The first-order valence-corrected chi connectivity index (χ1v) is 6.43. The second-order valence-corrected chi connectivity index (χ2v) is 4.82. The van der Waals surface area contributed by atoms with Crippen LogP contribution in [0.1, 0.15) is 15.9 Å². The molecule has 0 aliphatic rings. The van der Waals surface area contributed by atoms with E-state index >= 15 is 0 Å². The van der Waals surface area contributed by atoms with Gasteiger partial charge in [-0.1, -0.05) is 15.9 Å². The molecule has 0 aliphatic carbocycles. The molecule has 0 saturated carbocycles. The summed E-state index contributed by atoms with van der Waals surface area (Å²) in [5.41, 5.74) is 3.05. The van der Waals surface area contributed by atoms with Gasteiger partial charge in [0.15, 0.2) is 0 Å². The Balaban J connectivity index is 2.04. The predicted octanol–water partition coefficient (Wildman–Crippen LogP) is 3.06. The van der Waals surface area contributed by atoms with Gasteiger partial charge in [0, 0.05) is 15.6 Å². The van der Waals surface area contributed by atoms with Crippen LogP contribution in [-0.4, -0.2) is 17.2 Å². The van der Waals surface area contributed by atoms with Crippen molar-refractivity contribution < 1.29 is 14.3 Å². The Bertz CT molecular complexity index is 657. The third-order valence-corrected chi connectivity index (χ3v) is 2.96. The first kappa shape index (κ1) is 14.2. The number of carbonyl (C=O) groups is 1. The Morgan fingerprint density at radius 2 is 1.95 bits per heavy atom. The molecule has 2 aromatic carbocycles. The summed E-state index contributed by atoms with van der Waals surface area (Å²) in [6.07, 6.45) is 1.32. The van der Waals surface area contributed by atoms with Crippen LogP contribution < -0.4 is 5.43 Å². The number of phenolic OH excluding ortho intramolecular Hbond substituents is 1. The van der Waals surface area contributed by atoms with Gasteiger partial charge in [-0.2, -0.15) is 5.10 Å². The number of nitrogens with one attached hydrogen (secondary N) is 1. The molecule has 0 unspecified atom stereocenters. The van der Waals surface area contributed by atoms with Gasteiger partial charge < -0.3 is 5.11 Å². The highest BCUT2D eigenvalue weighted by atomic mass is 79.9. The SMILES string of the molecule is O=C(N/N=C\c1cc(Br)ccc1O)c1ccc(F)cc1. The van der Waals surface area contributed by atoms with Gasteiger partial charge in [0.1, 0.15) is 11.6 Å². The molecule has 0 spiro atoms. The summed E-state index contributed by atoms with van der Waals surface area (Å²) in [7, 11) is 0. The summed E-state index contributed by atoms with van der Waals surface area (Å²) >= 11 is 3.26. The first-order valence-electron chi connectivity index (χ1n) is 5.64. The van der Waals surface area contributed by atoms with Gasteiger partial charge >= 0.3 is 0 Å². The fourth-order valence-electron chi connectivity index (χ4n) is 1.46. The van der Waals surface area contributed by atoms with Crippen molar-refractivity contribution >= 4 is 28.1 Å². The number of carbonyl (C=O) groups excluding carboxylic acids is 1. The monoisotopic (exact) mass is 336 g/mol. The van der Waals surface area contributed by atoms with Gasteiger partial charge in [0.2, 0.25) is 0 Å². The highest BCUT2D eigenvalue weighted by Crippen LogP contribution is 2.19. The van der Waals surface area contributed by atoms with Crippen LogP contribution in [0.25, 0.3) is 0 Å². The number of halogens is 2. The summed E-state index contributed by atoms with van der Waals surface area (Å²) in [4.78, 5) is 11.7. The van der Waals surface area contributed by atoms with Crippen molar-refractivity contribution in [2.24, 2.45) is 5.10 Å². The molecular formula is C14H10BrFN2O2. The highest BCUT2D eigenvalue weighted by Gasteiger charge is 2.04. The molecule has 2 rings (SSSR count). The van der Waals surface area contributed by atoms with Crippen molar-refractivity contribution in [3.05, 3.63) is 63.9 Å². The maximum Gasteiger partial charge on any atom is 0.271 e. The molecule has 4 nitrogen and oxygen atoms in total. The molecule has 0 radical (unpaired) electrons. The van der Waals surface area contributed by atoms with E-state index in [0.29, 0.717) is 11.1 Å². The highest BCUT2D eigenvalue weighted by molar-refractivity contribution is 9.10. The summed E-state index contributed by atoms with van der Waals surface area (Å²) in [5.74, 6) is -0.826. The number of hydrogen-bond acceptors (Lipinski definition) is 3. The molecule has 2 aromatic rings. The number of phenols is 1. The number of hydrazone groups is 1. The van der Waals surface area contributed by atoms with E-state index in [-0.39, 0.29) is 5.75 Å². The van der Waals surface area contributed by atoms with Crippen molar-refractivity contribution in [1.82, 2.24) is 5.43 Å². The Labute approximate surface area is 123 Å². The fourth-order valence-corrected chi connectivity index (χ4v) is 1.83. The normalized spacial score (nSPS) is 10.7. The number of hydrogen-bond donors (Lipinski definition) is 2. The van der Waals surface area contributed by atoms with E-state index < -0.39 is 11.7 Å². The van der Waals surface area contributed by atoms with Gasteiger partial charge in [-0.05, 0) is 42.5 Å².